The van der Waals surface area contributed by atoms with Gasteiger partial charge in [0.15, 0.2) is 0 Å². The van der Waals surface area contributed by atoms with Crippen molar-refractivity contribution in [1.29, 1.82) is 0 Å². The molecule has 12 saturated carbocycles. The first-order valence-corrected chi connectivity index (χ1v) is 25.5. The fraction of sp³-hybridized carbons (Fsp3) is 0.942. The van der Waals surface area contributed by atoms with Crippen LogP contribution in [0.4, 0.5) is 0 Å². The van der Waals surface area contributed by atoms with Gasteiger partial charge in [0.25, 0.3) is 0 Å². The third-order valence-electron chi connectivity index (χ3n) is 19.0. The maximum Gasteiger partial charge on any atom is 0.312 e. The second kappa shape index (κ2) is 16.5. The molecule has 12 fully saturated rings. The average Bonchev–Trinajstić information content (AvgIpc) is 3.13. The first-order chi connectivity index (χ1) is 29.1. The van der Waals surface area contributed by atoms with E-state index in [0.29, 0.717) is 56.8 Å². The van der Waals surface area contributed by atoms with Crippen LogP contribution in [0.3, 0.4) is 0 Å². The van der Waals surface area contributed by atoms with E-state index in [1.54, 1.807) is 0 Å². The van der Waals surface area contributed by atoms with Gasteiger partial charge in [-0.15, -0.1) is 0 Å². The Balaban J connectivity index is 0.000000142. The van der Waals surface area contributed by atoms with Gasteiger partial charge in [-0.2, -0.15) is 0 Å². The summed E-state index contributed by atoms with van der Waals surface area (Å²) in [6.45, 7) is 18.1. The summed E-state index contributed by atoms with van der Waals surface area (Å²) in [6, 6.07) is 0. The highest BCUT2D eigenvalue weighted by molar-refractivity contribution is 5.78. The summed E-state index contributed by atoms with van der Waals surface area (Å²) in [5, 5.41) is 53.6. The molecule has 63 heavy (non-hydrogen) atoms. The summed E-state index contributed by atoms with van der Waals surface area (Å²) in [6.07, 6.45) is 18.8. The van der Waals surface area contributed by atoms with Crippen molar-refractivity contribution < 1.29 is 54.1 Å². The fourth-order valence-electron chi connectivity index (χ4n) is 16.0. The van der Waals surface area contributed by atoms with E-state index in [1.807, 2.05) is 41.5 Å². The van der Waals surface area contributed by atoms with Crippen LogP contribution in [0, 0.1) is 39.9 Å². The van der Waals surface area contributed by atoms with Gasteiger partial charge in [0.1, 0.15) is 16.8 Å². The SMILES string of the molecule is CCC(C)(CC)C(=O)OC12CC3CC(CC(O)(C3)C1)C2.CCC(C)(CC)C(=O)OC12CC3CC(O)(CC(O)(C3)C1)C2.CCCC(C)(CC)C(=O)OC12CC3CC(O)(CC(O)(C3)C1)C2. The van der Waals surface area contributed by atoms with Crippen LogP contribution in [0.5, 0.6) is 0 Å². The summed E-state index contributed by atoms with van der Waals surface area (Å²) < 4.78 is 18.1. The van der Waals surface area contributed by atoms with Crippen molar-refractivity contribution in [1.82, 2.24) is 0 Å². The molecule has 12 aliphatic carbocycles. The molecule has 0 aliphatic heterocycles. The van der Waals surface area contributed by atoms with Crippen molar-refractivity contribution in [3.8, 4) is 0 Å². The number of hydrogen-bond donors (Lipinski definition) is 5. The van der Waals surface area contributed by atoms with Crippen molar-refractivity contribution in [3.63, 3.8) is 0 Å². The van der Waals surface area contributed by atoms with E-state index < -0.39 is 50.0 Å². The third kappa shape index (κ3) is 9.54. The zero-order valence-corrected chi connectivity index (χ0v) is 40.7. The van der Waals surface area contributed by atoms with Crippen LogP contribution in [-0.4, -0.2) is 88.2 Å². The minimum atomic E-state index is -0.845. The van der Waals surface area contributed by atoms with Gasteiger partial charge < -0.3 is 39.7 Å². The Labute approximate surface area is 378 Å². The number of aliphatic hydroxyl groups is 5. The normalized spacial score (nSPS) is 44.5. The topological polar surface area (TPSA) is 180 Å². The van der Waals surface area contributed by atoms with Gasteiger partial charge in [-0.25, -0.2) is 0 Å². The monoisotopic (exact) mass is 887 g/mol. The summed E-state index contributed by atoms with van der Waals surface area (Å²) in [5.41, 5.74) is -6.88. The van der Waals surface area contributed by atoms with E-state index in [9.17, 15) is 39.9 Å². The molecule has 7 atom stereocenters. The first kappa shape index (κ1) is 49.1. The molecule has 0 amide bonds. The molecule has 11 heteroatoms. The lowest BCUT2D eigenvalue weighted by Gasteiger charge is -2.62. The van der Waals surface area contributed by atoms with E-state index in [-0.39, 0.29) is 40.8 Å². The predicted octanol–water partition coefficient (Wildman–Crippen LogP) is 8.94. The van der Waals surface area contributed by atoms with Crippen LogP contribution in [0.15, 0.2) is 0 Å². The van der Waals surface area contributed by atoms with E-state index >= 15 is 0 Å². The summed E-state index contributed by atoms with van der Waals surface area (Å²) in [4.78, 5) is 38.0. The standard InChI is InChI=1S/C18H30O4.C17H28O4.C17H28O3/c1-4-6-15(3,5-2)14(19)22-18-9-13-7-16(20,11-18)10-17(21,8-13)12-18;1-4-14(3,5-2)13(18)21-17-8-12-6-15(19,10-17)9-16(20,7-12)11-17;1-4-15(3,5-2)14(18)20-17-9-12-6-13(10-17)8-16(19,7-12)11-17/h13,20-21H,4-12H2,1-3H3;12,19-20H,4-11H2,1-3H3;12-13,19H,4-11H2,1-3H3. The minimum absolute atomic E-state index is 0.0481. The van der Waals surface area contributed by atoms with Gasteiger partial charge in [-0.05, 0) is 154 Å². The lowest BCUT2D eigenvalue weighted by Crippen LogP contribution is -2.67. The number of hydrogen-bond acceptors (Lipinski definition) is 11. The maximum atomic E-state index is 12.8. The Morgan fingerprint density at radius 1 is 0.413 bits per heavy atom. The molecular weight excluding hydrogens is 801 g/mol. The summed E-state index contributed by atoms with van der Waals surface area (Å²) >= 11 is 0. The van der Waals surface area contributed by atoms with Gasteiger partial charge in [0.2, 0.25) is 0 Å². The van der Waals surface area contributed by atoms with Crippen molar-refractivity contribution in [3.05, 3.63) is 0 Å². The number of esters is 3. The minimum Gasteiger partial charge on any atom is -0.459 e. The van der Waals surface area contributed by atoms with Crippen LogP contribution in [-0.2, 0) is 28.6 Å². The van der Waals surface area contributed by atoms with Crippen LogP contribution < -0.4 is 0 Å². The largest absolute Gasteiger partial charge is 0.459 e. The van der Waals surface area contributed by atoms with Crippen LogP contribution in [0.25, 0.3) is 0 Å². The molecule has 0 radical (unpaired) electrons. The molecule has 12 aliphatic rings. The molecule has 0 spiro atoms. The highest BCUT2D eigenvalue weighted by Gasteiger charge is 2.67. The van der Waals surface area contributed by atoms with Gasteiger partial charge >= 0.3 is 17.9 Å². The van der Waals surface area contributed by atoms with E-state index in [2.05, 4.69) is 20.8 Å². The van der Waals surface area contributed by atoms with Gasteiger partial charge in [0, 0.05) is 44.9 Å². The second-order valence-corrected chi connectivity index (χ2v) is 25.0. The molecule has 0 saturated heterocycles. The Morgan fingerprint density at radius 3 is 1.00 bits per heavy atom. The summed E-state index contributed by atoms with van der Waals surface area (Å²) in [5.74, 6) is 1.31. The zero-order chi connectivity index (χ0) is 46.3. The Morgan fingerprint density at radius 2 is 0.698 bits per heavy atom. The maximum absolute atomic E-state index is 12.8. The Hall–Kier alpha value is -1.79. The molecular formula is C52H86O11. The highest BCUT2D eigenvalue weighted by atomic mass is 16.6. The van der Waals surface area contributed by atoms with Crippen molar-refractivity contribution in [2.45, 2.75) is 268 Å². The first-order valence-electron chi connectivity index (χ1n) is 25.5. The van der Waals surface area contributed by atoms with Crippen molar-refractivity contribution in [2.75, 3.05) is 0 Å². The summed E-state index contributed by atoms with van der Waals surface area (Å²) in [7, 11) is 0. The van der Waals surface area contributed by atoms with Crippen LogP contribution in [0.2, 0.25) is 0 Å². The van der Waals surface area contributed by atoms with E-state index in [1.165, 1.54) is 6.42 Å². The fourth-order valence-corrected chi connectivity index (χ4v) is 16.0. The number of rotatable bonds is 13. The van der Waals surface area contributed by atoms with Gasteiger partial charge in [-0.1, -0.05) is 48.0 Å². The lowest BCUT2D eigenvalue weighted by molar-refractivity contribution is -0.266. The predicted molar refractivity (Wildman–Crippen MR) is 239 cm³/mol. The molecule has 0 aromatic heterocycles. The van der Waals surface area contributed by atoms with Crippen LogP contribution in [0.1, 0.15) is 223 Å². The van der Waals surface area contributed by atoms with E-state index in [4.69, 9.17) is 14.2 Å². The molecule has 12 rings (SSSR count). The average molecular weight is 887 g/mol. The zero-order valence-electron chi connectivity index (χ0n) is 40.7. The quantitative estimate of drug-likeness (QED) is 0.0881. The molecule has 0 aromatic rings. The molecule has 12 bridgehead atoms. The molecule has 0 aromatic carbocycles. The molecule has 0 heterocycles. The lowest BCUT2D eigenvalue weighted by atomic mass is 9.50. The van der Waals surface area contributed by atoms with Gasteiger partial charge in [0.05, 0.1) is 44.3 Å². The van der Waals surface area contributed by atoms with Gasteiger partial charge in [-0.3, -0.25) is 14.4 Å². The number of carbonyl (C=O) groups is 3. The molecule has 360 valence electrons. The second-order valence-electron chi connectivity index (χ2n) is 25.0. The smallest absolute Gasteiger partial charge is 0.312 e. The third-order valence-corrected chi connectivity index (χ3v) is 19.0. The number of carbonyl (C=O) groups excluding carboxylic acids is 3. The Kier molecular flexibility index (Phi) is 12.8. The Bertz CT molecular complexity index is 1680. The number of ether oxygens (including phenoxy) is 3. The van der Waals surface area contributed by atoms with Crippen LogP contribution >= 0.6 is 0 Å². The van der Waals surface area contributed by atoms with Crippen molar-refractivity contribution in [2.24, 2.45) is 39.9 Å². The molecule has 7 unspecified atom stereocenters. The molecule has 5 N–H and O–H groups in total. The van der Waals surface area contributed by atoms with E-state index in [0.717, 1.165) is 109 Å². The molecule has 11 nitrogen and oxygen atoms in total. The highest BCUT2D eigenvalue weighted by Crippen LogP contribution is 2.63. The van der Waals surface area contributed by atoms with Crippen molar-refractivity contribution >= 4 is 17.9 Å².